The highest BCUT2D eigenvalue weighted by Gasteiger charge is 2.08. The van der Waals surface area contributed by atoms with Crippen LogP contribution in [-0.4, -0.2) is 9.97 Å². The SMILES string of the molecule is c1cncc(-c2ncc(-c3cccs3)o2)c1. The summed E-state index contributed by atoms with van der Waals surface area (Å²) in [6.07, 6.45) is 5.21. The van der Waals surface area contributed by atoms with E-state index in [1.807, 2.05) is 29.6 Å². The molecule has 0 amide bonds. The van der Waals surface area contributed by atoms with Crippen LogP contribution in [0.15, 0.2) is 52.7 Å². The number of hydrogen-bond donors (Lipinski definition) is 0. The van der Waals surface area contributed by atoms with Crippen LogP contribution in [0.4, 0.5) is 0 Å². The second-order valence-corrected chi connectivity index (χ2v) is 4.20. The lowest BCUT2D eigenvalue weighted by Gasteiger charge is -1.92. The van der Waals surface area contributed by atoms with Crippen molar-refractivity contribution in [1.82, 2.24) is 9.97 Å². The van der Waals surface area contributed by atoms with Gasteiger partial charge in [-0.3, -0.25) is 4.98 Å². The van der Waals surface area contributed by atoms with E-state index in [-0.39, 0.29) is 0 Å². The highest BCUT2D eigenvalue weighted by atomic mass is 32.1. The molecule has 0 saturated carbocycles. The number of hydrogen-bond acceptors (Lipinski definition) is 4. The minimum absolute atomic E-state index is 0.608. The molecule has 3 nitrogen and oxygen atoms in total. The van der Waals surface area contributed by atoms with E-state index in [0.717, 1.165) is 16.2 Å². The van der Waals surface area contributed by atoms with Gasteiger partial charge in [0.1, 0.15) is 0 Å². The number of aromatic nitrogens is 2. The van der Waals surface area contributed by atoms with Crippen LogP contribution in [0.5, 0.6) is 0 Å². The van der Waals surface area contributed by atoms with Crippen molar-refractivity contribution in [2.75, 3.05) is 0 Å². The number of nitrogens with zero attached hydrogens (tertiary/aromatic N) is 2. The Balaban J connectivity index is 2.00. The number of oxazole rings is 1. The molecule has 3 rings (SSSR count). The van der Waals surface area contributed by atoms with Crippen molar-refractivity contribution in [3.05, 3.63) is 48.2 Å². The molecule has 3 heterocycles. The Kier molecular flexibility index (Phi) is 2.27. The second-order valence-electron chi connectivity index (χ2n) is 3.25. The zero-order valence-corrected chi connectivity index (χ0v) is 9.15. The lowest BCUT2D eigenvalue weighted by molar-refractivity contribution is 0.590. The van der Waals surface area contributed by atoms with Crippen LogP contribution in [0.25, 0.3) is 22.1 Å². The first kappa shape index (κ1) is 9.30. The van der Waals surface area contributed by atoms with Crippen molar-refractivity contribution < 1.29 is 4.42 Å². The Morgan fingerprint density at radius 3 is 2.88 bits per heavy atom. The smallest absolute Gasteiger partial charge is 0.228 e. The van der Waals surface area contributed by atoms with Crippen molar-refractivity contribution in [2.45, 2.75) is 0 Å². The summed E-state index contributed by atoms with van der Waals surface area (Å²) in [5, 5.41) is 2.02. The van der Waals surface area contributed by atoms with E-state index in [9.17, 15) is 0 Å². The molecule has 3 aromatic heterocycles. The lowest BCUT2D eigenvalue weighted by atomic mass is 10.3. The highest BCUT2D eigenvalue weighted by molar-refractivity contribution is 7.13. The number of thiophene rings is 1. The van der Waals surface area contributed by atoms with Crippen LogP contribution >= 0.6 is 11.3 Å². The first-order valence-electron chi connectivity index (χ1n) is 4.83. The Bertz CT molecular complexity index is 572. The van der Waals surface area contributed by atoms with E-state index in [0.29, 0.717) is 5.89 Å². The fourth-order valence-electron chi connectivity index (χ4n) is 1.43. The third-order valence-electron chi connectivity index (χ3n) is 2.18. The van der Waals surface area contributed by atoms with Crippen LogP contribution in [0, 0.1) is 0 Å². The molecule has 0 saturated heterocycles. The zero-order chi connectivity index (χ0) is 10.8. The lowest BCUT2D eigenvalue weighted by Crippen LogP contribution is -1.76. The van der Waals surface area contributed by atoms with E-state index >= 15 is 0 Å². The Morgan fingerprint density at radius 2 is 2.12 bits per heavy atom. The summed E-state index contributed by atoms with van der Waals surface area (Å²) in [6, 6.07) is 7.80. The van der Waals surface area contributed by atoms with Crippen molar-refractivity contribution in [2.24, 2.45) is 0 Å². The molecule has 0 aromatic carbocycles. The van der Waals surface area contributed by atoms with Gasteiger partial charge in [0, 0.05) is 12.4 Å². The normalized spacial score (nSPS) is 10.5. The van der Waals surface area contributed by atoms with Crippen LogP contribution in [0.3, 0.4) is 0 Å². The molecular weight excluding hydrogens is 220 g/mol. The molecule has 0 aliphatic heterocycles. The molecular formula is C12H8N2OS. The maximum atomic E-state index is 5.67. The third kappa shape index (κ3) is 1.63. The zero-order valence-electron chi connectivity index (χ0n) is 8.33. The molecule has 0 unspecified atom stereocenters. The molecule has 78 valence electrons. The molecule has 4 heteroatoms. The molecule has 0 radical (unpaired) electrons. The topological polar surface area (TPSA) is 38.9 Å². The quantitative estimate of drug-likeness (QED) is 0.674. The van der Waals surface area contributed by atoms with Crippen molar-refractivity contribution >= 4 is 11.3 Å². The van der Waals surface area contributed by atoms with Gasteiger partial charge in [-0.2, -0.15) is 0 Å². The van der Waals surface area contributed by atoms with Gasteiger partial charge in [-0.1, -0.05) is 6.07 Å². The Labute approximate surface area is 96.4 Å². The van der Waals surface area contributed by atoms with Crippen molar-refractivity contribution in [3.8, 4) is 22.1 Å². The fraction of sp³-hybridized carbons (Fsp3) is 0. The molecule has 0 fully saturated rings. The van der Waals surface area contributed by atoms with Gasteiger partial charge in [-0.05, 0) is 23.6 Å². The van der Waals surface area contributed by atoms with Gasteiger partial charge in [-0.15, -0.1) is 11.3 Å². The molecule has 3 aromatic rings. The van der Waals surface area contributed by atoms with E-state index < -0.39 is 0 Å². The van der Waals surface area contributed by atoms with E-state index in [4.69, 9.17) is 4.42 Å². The summed E-state index contributed by atoms with van der Waals surface area (Å²) in [6.45, 7) is 0. The standard InChI is InChI=1S/C12H8N2OS/c1-3-9(7-13-5-1)12-14-8-10(15-12)11-4-2-6-16-11/h1-8H. The van der Waals surface area contributed by atoms with E-state index in [2.05, 4.69) is 9.97 Å². The molecule has 0 aliphatic carbocycles. The van der Waals surface area contributed by atoms with Crippen LogP contribution < -0.4 is 0 Å². The summed E-state index contributed by atoms with van der Waals surface area (Å²) in [7, 11) is 0. The summed E-state index contributed by atoms with van der Waals surface area (Å²) in [4.78, 5) is 9.36. The molecule has 0 atom stereocenters. The maximum Gasteiger partial charge on any atom is 0.228 e. The van der Waals surface area contributed by atoms with Crippen LogP contribution in [-0.2, 0) is 0 Å². The summed E-state index contributed by atoms with van der Waals surface area (Å²) in [5.41, 5.74) is 0.894. The number of rotatable bonds is 2. The predicted octanol–water partition coefficient (Wildman–Crippen LogP) is 3.47. The molecule has 0 N–H and O–H groups in total. The largest absolute Gasteiger partial charge is 0.435 e. The second kappa shape index (κ2) is 3.90. The average Bonchev–Trinajstić information content (AvgIpc) is 3.01. The molecule has 0 aliphatic rings. The molecule has 16 heavy (non-hydrogen) atoms. The van der Waals surface area contributed by atoms with Gasteiger partial charge in [0.25, 0.3) is 0 Å². The number of pyridine rings is 1. The summed E-state index contributed by atoms with van der Waals surface area (Å²) in [5.74, 6) is 1.41. The van der Waals surface area contributed by atoms with Gasteiger partial charge >= 0.3 is 0 Å². The average molecular weight is 228 g/mol. The van der Waals surface area contributed by atoms with Crippen molar-refractivity contribution in [1.29, 1.82) is 0 Å². The fourth-order valence-corrected chi connectivity index (χ4v) is 2.10. The molecule has 0 bridgehead atoms. The first-order chi connectivity index (χ1) is 7.93. The summed E-state index contributed by atoms with van der Waals surface area (Å²) >= 11 is 1.64. The van der Waals surface area contributed by atoms with Gasteiger partial charge in [0.05, 0.1) is 16.6 Å². The van der Waals surface area contributed by atoms with Crippen LogP contribution in [0.1, 0.15) is 0 Å². The Morgan fingerprint density at radius 1 is 1.12 bits per heavy atom. The van der Waals surface area contributed by atoms with Crippen molar-refractivity contribution in [3.63, 3.8) is 0 Å². The summed E-state index contributed by atoms with van der Waals surface area (Å²) < 4.78 is 5.67. The van der Waals surface area contributed by atoms with Gasteiger partial charge < -0.3 is 4.42 Å². The van der Waals surface area contributed by atoms with Crippen LogP contribution in [0.2, 0.25) is 0 Å². The monoisotopic (exact) mass is 228 g/mol. The molecule has 0 spiro atoms. The highest BCUT2D eigenvalue weighted by Crippen LogP contribution is 2.28. The first-order valence-corrected chi connectivity index (χ1v) is 5.71. The maximum absolute atomic E-state index is 5.67. The van der Waals surface area contributed by atoms with E-state index in [1.165, 1.54) is 0 Å². The van der Waals surface area contributed by atoms with E-state index in [1.54, 1.807) is 29.9 Å². The Hall–Kier alpha value is -1.94. The minimum atomic E-state index is 0.608. The minimum Gasteiger partial charge on any atom is -0.435 e. The van der Waals surface area contributed by atoms with Gasteiger partial charge in [0.2, 0.25) is 5.89 Å². The van der Waals surface area contributed by atoms with Gasteiger partial charge in [-0.25, -0.2) is 4.98 Å². The predicted molar refractivity (Wildman–Crippen MR) is 63.0 cm³/mol. The van der Waals surface area contributed by atoms with Gasteiger partial charge in [0.15, 0.2) is 5.76 Å². The third-order valence-corrected chi connectivity index (χ3v) is 3.06.